The number of anilines is 1. The highest BCUT2D eigenvalue weighted by atomic mass is 79.9. The van der Waals surface area contributed by atoms with E-state index in [4.69, 9.17) is 10.2 Å². The van der Waals surface area contributed by atoms with Crippen molar-refractivity contribution in [1.82, 2.24) is 4.98 Å². The van der Waals surface area contributed by atoms with Crippen molar-refractivity contribution < 1.29 is 4.42 Å². The minimum atomic E-state index is 0.615. The van der Waals surface area contributed by atoms with Crippen molar-refractivity contribution in [3.8, 4) is 11.5 Å². The van der Waals surface area contributed by atoms with Crippen molar-refractivity contribution in [3.05, 3.63) is 45.9 Å². The molecule has 0 aliphatic rings. The number of hydrogen-bond acceptors (Lipinski definition) is 3. The van der Waals surface area contributed by atoms with E-state index in [2.05, 4.69) is 20.9 Å². The van der Waals surface area contributed by atoms with Crippen LogP contribution in [0.4, 0.5) is 5.69 Å². The number of halogens is 1. The predicted octanol–water partition coefficient (Wildman–Crippen LogP) is 4.46. The summed E-state index contributed by atoms with van der Waals surface area (Å²) in [5, 5.41) is 0. The number of rotatable bonds is 1. The highest BCUT2D eigenvalue weighted by molar-refractivity contribution is 9.10. The van der Waals surface area contributed by atoms with E-state index in [1.54, 1.807) is 0 Å². The van der Waals surface area contributed by atoms with Crippen LogP contribution in [0, 0.1) is 13.8 Å². The molecule has 0 saturated carbocycles. The van der Waals surface area contributed by atoms with E-state index in [0.29, 0.717) is 11.6 Å². The van der Waals surface area contributed by atoms with E-state index >= 15 is 0 Å². The minimum absolute atomic E-state index is 0.615. The first-order valence-corrected chi connectivity index (χ1v) is 6.77. The molecule has 4 heteroatoms. The molecule has 19 heavy (non-hydrogen) atoms. The van der Waals surface area contributed by atoms with Gasteiger partial charge in [0, 0.05) is 15.7 Å². The predicted molar refractivity (Wildman–Crippen MR) is 81.0 cm³/mol. The average Bonchev–Trinajstić information content (AvgIpc) is 2.76. The first kappa shape index (κ1) is 12.2. The van der Waals surface area contributed by atoms with Gasteiger partial charge < -0.3 is 10.2 Å². The Hall–Kier alpha value is -1.81. The summed E-state index contributed by atoms with van der Waals surface area (Å²) in [7, 11) is 0. The van der Waals surface area contributed by atoms with Crippen molar-refractivity contribution in [1.29, 1.82) is 0 Å². The molecule has 96 valence electrons. The smallest absolute Gasteiger partial charge is 0.227 e. The number of nitrogen functional groups attached to an aromatic ring is 1. The van der Waals surface area contributed by atoms with Crippen molar-refractivity contribution in [3.63, 3.8) is 0 Å². The summed E-state index contributed by atoms with van der Waals surface area (Å²) in [4.78, 5) is 4.51. The molecule has 0 fully saturated rings. The van der Waals surface area contributed by atoms with Crippen LogP contribution in [0.2, 0.25) is 0 Å². The van der Waals surface area contributed by atoms with Gasteiger partial charge in [-0.25, -0.2) is 4.98 Å². The maximum Gasteiger partial charge on any atom is 0.227 e. The maximum absolute atomic E-state index is 5.85. The third-order valence-electron chi connectivity index (χ3n) is 3.12. The van der Waals surface area contributed by atoms with Gasteiger partial charge in [0.2, 0.25) is 5.89 Å². The van der Waals surface area contributed by atoms with E-state index in [0.717, 1.165) is 26.7 Å². The Bertz CT molecular complexity index is 777. The fraction of sp³-hybridized carbons (Fsp3) is 0.133. The summed E-state index contributed by atoms with van der Waals surface area (Å²) in [6.07, 6.45) is 0. The summed E-state index contributed by atoms with van der Waals surface area (Å²) in [5.74, 6) is 0.615. The summed E-state index contributed by atoms with van der Waals surface area (Å²) in [6.45, 7) is 4.02. The van der Waals surface area contributed by atoms with Crippen LogP contribution in [0.5, 0.6) is 0 Å². The largest absolute Gasteiger partial charge is 0.436 e. The Balaban J connectivity index is 2.20. The van der Waals surface area contributed by atoms with Crippen molar-refractivity contribution >= 4 is 32.7 Å². The molecular formula is C15H13BrN2O. The van der Waals surface area contributed by atoms with Crippen molar-refractivity contribution in [2.75, 3.05) is 5.73 Å². The molecule has 0 atom stereocenters. The monoisotopic (exact) mass is 316 g/mol. The first-order valence-electron chi connectivity index (χ1n) is 5.98. The normalized spacial score (nSPS) is 11.1. The van der Waals surface area contributed by atoms with E-state index in [1.807, 2.05) is 44.2 Å². The van der Waals surface area contributed by atoms with Gasteiger partial charge in [-0.2, -0.15) is 0 Å². The zero-order valence-electron chi connectivity index (χ0n) is 10.7. The molecule has 0 aliphatic carbocycles. The number of nitrogens with zero attached hydrogens (tertiary/aromatic N) is 1. The second kappa shape index (κ2) is 4.38. The van der Waals surface area contributed by atoms with Gasteiger partial charge in [-0.05, 0) is 49.2 Å². The van der Waals surface area contributed by atoms with Gasteiger partial charge in [0.15, 0.2) is 5.58 Å². The van der Waals surface area contributed by atoms with Crippen LogP contribution in [0.15, 0.2) is 39.2 Å². The molecule has 0 spiro atoms. The summed E-state index contributed by atoms with van der Waals surface area (Å²) in [5.41, 5.74) is 11.3. The number of hydrogen-bond donors (Lipinski definition) is 1. The Labute approximate surface area is 119 Å². The van der Waals surface area contributed by atoms with Crippen LogP contribution < -0.4 is 5.73 Å². The van der Waals surface area contributed by atoms with Crippen LogP contribution in [-0.4, -0.2) is 4.98 Å². The Kier molecular flexibility index (Phi) is 2.82. The highest BCUT2D eigenvalue weighted by Gasteiger charge is 2.11. The lowest BCUT2D eigenvalue weighted by atomic mass is 10.1. The molecule has 2 aromatic carbocycles. The van der Waals surface area contributed by atoms with E-state index < -0.39 is 0 Å². The van der Waals surface area contributed by atoms with E-state index in [-0.39, 0.29) is 0 Å². The quantitative estimate of drug-likeness (QED) is 0.674. The van der Waals surface area contributed by atoms with E-state index in [1.165, 1.54) is 5.56 Å². The van der Waals surface area contributed by atoms with Gasteiger partial charge >= 0.3 is 0 Å². The molecule has 2 N–H and O–H groups in total. The maximum atomic E-state index is 5.85. The minimum Gasteiger partial charge on any atom is -0.436 e. The van der Waals surface area contributed by atoms with Crippen molar-refractivity contribution in [2.24, 2.45) is 0 Å². The van der Waals surface area contributed by atoms with Gasteiger partial charge in [-0.1, -0.05) is 22.0 Å². The number of nitrogens with two attached hydrogens (primary N) is 1. The fourth-order valence-electron chi connectivity index (χ4n) is 2.08. The molecule has 0 unspecified atom stereocenters. The first-order chi connectivity index (χ1) is 9.04. The molecule has 0 saturated heterocycles. The molecular weight excluding hydrogens is 304 g/mol. The van der Waals surface area contributed by atoms with Gasteiger partial charge in [0.25, 0.3) is 0 Å². The molecule has 0 bridgehead atoms. The van der Waals surface area contributed by atoms with E-state index in [9.17, 15) is 0 Å². The number of fused-ring (bicyclic) bond motifs is 1. The van der Waals surface area contributed by atoms with Crippen LogP contribution in [-0.2, 0) is 0 Å². The summed E-state index contributed by atoms with van der Waals surface area (Å²) >= 11 is 3.52. The standard InChI is InChI=1S/C15H13BrN2O/c1-8-3-4-10(6-12(8)16)15-18-13-7-11(17)5-9(2)14(13)19-15/h3-7H,17H2,1-2H3. The van der Waals surface area contributed by atoms with Gasteiger partial charge in [-0.3, -0.25) is 0 Å². The number of aryl methyl sites for hydroxylation is 2. The lowest BCUT2D eigenvalue weighted by Crippen LogP contribution is -1.85. The molecule has 1 aromatic heterocycles. The highest BCUT2D eigenvalue weighted by Crippen LogP contribution is 2.30. The second-order valence-electron chi connectivity index (χ2n) is 4.67. The number of aromatic nitrogens is 1. The Morgan fingerprint density at radius 2 is 1.89 bits per heavy atom. The molecule has 0 amide bonds. The third-order valence-corrected chi connectivity index (χ3v) is 3.97. The van der Waals surface area contributed by atoms with Crippen molar-refractivity contribution in [2.45, 2.75) is 13.8 Å². The second-order valence-corrected chi connectivity index (χ2v) is 5.52. The number of oxazole rings is 1. The van der Waals surface area contributed by atoms with Crippen LogP contribution in [0.3, 0.4) is 0 Å². The summed E-state index contributed by atoms with van der Waals surface area (Å²) < 4.78 is 6.89. The fourth-order valence-corrected chi connectivity index (χ4v) is 2.46. The topological polar surface area (TPSA) is 52.0 Å². The molecule has 0 radical (unpaired) electrons. The molecule has 3 nitrogen and oxygen atoms in total. The zero-order valence-corrected chi connectivity index (χ0v) is 12.3. The molecule has 3 aromatic rings. The van der Waals surface area contributed by atoms with Crippen LogP contribution >= 0.6 is 15.9 Å². The lowest BCUT2D eigenvalue weighted by Gasteiger charge is -1.99. The van der Waals surface area contributed by atoms with Crippen LogP contribution in [0.25, 0.3) is 22.6 Å². The summed E-state index contributed by atoms with van der Waals surface area (Å²) in [6, 6.07) is 9.78. The van der Waals surface area contributed by atoms with Crippen LogP contribution in [0.1, 0.15) is 11.1 Å². The SMILES string of the molecule is Cc1ccc(-c2nc3cc(N)cc(C)c3o2)cc1Br. The zero-order chi connectivity index (χ0) is 13.6. The lowest BCUT2D eigenvalue weighted by molar-refractivity contribution is 0.617. The Morgan fingerprint density at radius 3 is 2.63 bits per heavy atom. The molecule has 3 rings (SSSR count). The molecule has 0 aliphatic heterocycles. The van der Waals surface area contributed by atoms with Gasteiger partial charge in [-0.15, -0.1) is 0 Å². The molecule has 1 heterocycles. The average molecular weight is 317 g/mol. The third kappa shape index (κ3) is 2.12. The number of benzene rings is 2. The van der Waals surface area contributed by atoms with Gasteiger partial charge in [0.05, 0.1) is 0 Å². The van der Waals surface area contributed by atoms with Gasteiger partial charge in [0.1, 0.15) is 5.52 Å². The Morgan fingerprint density at radius 1 is 1.11 bits per heavy atom.